The maximum Gasteiger partial charge on any atom is 0.323 e. The molecule has 2 amide bonds. The molecule has 0 unspecified atom stereocenters. The van der Waals surface area contributed by atoms with E-state index in [1.54, 1.807) is 30.3 Å². The molecule has 0 aliphatic heterocycles. The van der Waals surface area contributed by atoms with Crippen molar-refractivity contribution in [2.75, 3.05) is 10.6 Å². The van der Waals surface area contributed by atoms with Gasteiger partial charge < -0.3 is 15.7 Å². The van der Waals surface area contributed by atoms with Gasteiger partial charge in [-0.25, -0.2) is 9.18 Å². The molecule has 0 aliphatic rings. The molecule has 0 saturated heterocycles. The molecule has 0 fully saturated rings. The van der Waals surface area contributed by atoms with Gasteiger partial charge in [-0.05, 0) is 35.9 Å². The zero-order chi connectivity index (χ0) is 13.7. The van der Waals surface area contributed by atoms with E-state index in [1.165, 1.54) is 18.2 Å². The molecule has 0 spiro atoms. The van der Waals surface area contributed by atoms with Crippen molar-refractivity contribution >= 4 is 17.4 Å². The predicted octanol–water partition coefficient (Wildman–Crippen LogP) is 2.96. The van der Waals surface area contributed by atoms with Gasteiger partial charge >= 0.3 is 6.03 Å². The lowest BCUT2D eigenvalue weighted by Crippen LogP contribution is -2.19. The lowest BCUT2D eigenvalue weighted by molar-refractivity contribution is 0.262. The Hall–Kier alpha value is -2.40. The number of rotatable bonds is 3. The summed E-state index contributed by atoms with van der Waals surface area (Å²) in [6.07, 6.45) is 0. The molecule has 2 aromatic carbocycles. The number of urea groups is 1. The average Bonchev–Trinajstić information content (AvgIpc) is 2.39. The van der Waals surface area contributed by atoms with Gasteiger partial charge in [-0.3, -0.25) is 0 Å². The molecule has 0 saturated carbocycles. The lowest BCUT2D eigenvalue weighted by Gasteiger charge is -2.08. The smallest absolute Gasteiger partial charge is 0.323 e. The normalized spacial score (nSPS) is 10.0. The number of aliphatic hydroxyl groups is 1. The predicted molar refractivity (Wildman–Crippen MR) is 71.4 cm³/mol. The minimum atomic E-state index is -0.456. The highest BCUT2D eigenvalue weighted by atomic mass is 19.1. The molecule has 3 N–H and O–H groups in total. The summed E-state index contributed by atoms with van der Waals surface area (Å²) in [5.74, 6) is -0.412. The highest BCUT2D eigenvalue weighted by Crippen LogP contribution is 2.12. The number of carbonyl (C=O) groups is 1. The molecular formula is C14H13FN2O2. The van der Waals surface area contributed by atoms with Crippen LogP contribution in [0.1, 0.15) is 5.56 Å². The Kier molecular flexibility index (Phi) is 4.10. The highest BCUT2D eigenvalue weighted by Gasteiger charge is 2.03. The van der Waals surface area contributed by atoms with Gasteiger partial charge in [0.15, 0.2) is 0 Å². The standard InChI is InChI=1S/C14H13FN2O2/c15-11-2-1-3-13(8-11)17-14(19)16-12-6-4-10(9-18)5-7-12/h1-8,18H,9H2,(H2,16,17,19). The maximum absolute atomic E-state index is 12.9. The van der Waals surface area contributed by atoms with E-state index < -0.39 is 11.8 Å². The van der Waals surface area contributed by atoms with Crippen LogP contribution >= 0.6 is 0 Å². The largest absolute Gasteiger partial charge is 0.392 e. The van der Waals surface area contributed by atoms with Crippen molar-refractivity contribution in [2.24, 2.45) is 0 Å². The van der Waals surface area contributed by atoms with Crippen LogP contribution in [0.5, 0.6) is 0 Å². The summed E-state index contributed by atoms with van der Waals surface area (Å²) in [5.41, 5.74) is 1.73. The van der Waals surface area contributed by atoms with Crippen LogP contribution in [-0.2, 0) is 6.61 Å². The Morgan fingerprint density at radius 2 is 1.74 bits per heavy atom. The Morgan fingerprint density at radius 1 is 1.05 bits per heavy atom. The van der Waals surface area contributed by atoms with E-state index in [0.29, 0.717) is 11.4 Å². The lowest BCUT2D eigenvalue weighted by atomic mass is 10.2. The van der Waals surface area contributed by atoms with Crippen molar-refractivity contribution in [2.45, 2.75) is 6.61 Å². The topological polar surface area (TPSA) is 61.4 Å². The summed E-state index contributed by atoms with van der Waals surface area (Å²) in [4.78, 5) is 11.7. The summed E-state index contributed by atoms with van der Waals surface area (Å²) < 4.78 is 12.9. The summed E-state index contributed by atoms with van der Waals surface area (Å²) >= 11 is 0. The molecule has 98 valence electrons. The van der Waals surface area contributed by atoms with Gasteiger partial charge in [-0.15, -0.1) is 0 Å². The van der Waals surface area contributed by atoms with Gasteiger partial charge in [0.2, 0.25) is 0 Å². The van der Waals surface area contributed by atoms with Crippen LogP contribution in [-0.4, -0.2) is 11.1 Å². The molecular weight excluding hydrogens is 247 g/mol. The number of carbonyl (C=O) groups excluding carboxylic acids is 1. The number of anilines is 2. The van der Waals surface area contributed by atoms with E-state index in [1.807, 2.05) is 0 Å². The molecule has 2 aromatic rings. The van der Waals surface area contributed by atoms with Crippen molar-refractivity contribution in [1.82, 2.24) is 0 Å². The van der Waals surface area contributed by atoms with Gasteiger partial charge in [-0.2, -0.15) is 0 Å². The number of hydrogen-bond acceptors (Lipinski definition) is 2. The molecule has 0 radical (unpaired) electrons. The van der Waals surface area contributed by atoms with Gasteiger partial charge in [-0.1, -0.05) is 18.2 Å². The molecule has 19 heavy (non-hydrogen) atoms. The molecule has 2 rings (SSSR count). The summed E-state index contributed by atoms with van der Waals surface area (Å²) in [7, 11) is 0. The number of aliphatic hydroxyl groups excluding tert-OH is 1. The van der Waals surface area contributed by atoms with Crippen LogP contribution in [0.25, 0.3) is 0 Å². The van der Waals surface area contributed by atoms with Crippen molar-refractivity contribution in [1.29, 1.82) is 0 Å². The Balaban J connectivity index is 1.97. The molecule has 0 heterocycles. The van der Waals surface area contributed by atoms with Crippen molar-refractivity contribution in [3.8, 4) is 0 Å². The molecule has 0 aromatic heterocycles. The molecule has 4 nitrogen and oxygen atoms in total. The first kappa shape index (κ1) is 13.0. The molecule has 0 aliphatic carbocycles. The molecule has 0 atom stereocenters. The van der Waals surface area contributed by atoms with Gasteiger partial charge in [0.25, 0.3) is 0 Å². The SMILES string of the molecule is O=C(Nc1ccc(CO)cc1)Nc1cccc(F)c1. The van der Waals surface area contributed by atoms with Gasteiger partial charge in [0.05, 0.1) is 6.61 Å². The number of hydrogen-bond donors (Lipinski definition) is 3. The van der Waals surface area contributed by atoms with E-state index in [4.69, 9.17) is 5.11 Å². The Labute approximate surface area is 109 Å². The second-order valence-electron chi connectivity index (χ2n) is 3.94. The van der Waals surface area contributed by atoms with E-state index in [2.05, 4.69) is 10.6 Å². The van der Waals surface area contributed by atoms with Crippen LogP contribution in [0.15, 0.2) is 48.5 Å². The fraction of sp³-hybridized carbons (Fsp3) is 0.0714. The Morgan fingerprint density at radius 3 is 2.37 bits per heavy atom. The first-order valence-electron chi connectivity index (χ1n) is 5.71. The Bertz CT molecular complexity index is 570. The summed E-state index contributed by atoms with van der Waals surface area (Å²) in [5, 5.41) is 14.0. The van der Waals surface area contributed by atoms with Crippen LogP contribution in [0, 0.1) is 5.82 Å². The van der Waals surface area contributed by atoms with Crippen molar-refractivity contribution in [3.63, 3.8) is 0 Å². The zero-order valence-corrected chi connectivity index (χ0v) is 10.1. The number of amides is 2. The maximum atomic E-state index is 12.9. The van der Waals surface area contributed by atoms with E-state index in [-0.39, 0.29) is 6.61 Å². The van der Waals surface area contributed by atoms with Gasteiger partial charge in [0, 0.05) is 11.4 Å². The van der Waals surface area contributed by atoms with Crippen LogP contribution in [0.4, 0.5) is 20.6 Å². The van der Waals surface area contributed by atoms with Crippen molar-refractivity contribution in [3.05, 3.63) is 59.9 Å². The quantitative estimate of drug-likeness (QED) is 0.794. The summed E-state index contributed by atoms with van der Waals surface area (Å²) in [6.45, 7) is -0.0459. The first-order chi connectivity index (χ1) is 9.17. The van der Waals surface area contributed by atoms with Gasteiger partial charge in [0.1, 0.15) is 5.82 Å². The van der Waals surface area contributed by atoms with E-state index in [0.717, 1.165) is 5.56 Å². The first-order valence-corrected chi connectivity index (χ1v) is 5.71. The van der Waals surface area contributed by atoms with Crippen molar-refractivity contribution < 1.29 is 14.3 Å². The fourth-order valence-electron chi connectivity index (χ4n) is 1.55. The number of nitrogens with one attached hydrogen (secondary N) is 2. The third kappa shape index (κ3) is 3.79. The van der Waals surface area contributed by atoms with E-state index >= 15 is 0 Å². The fourth-order valence-corrected chi connectivity index (χ4v) is 1.55. The second kappa shape index (κ2) is 5.97. The molecule has 5 heteroatoms. The van der Waals surface area contributed by atoms with Crippen LogP contribution in [0.3, 0.4) is 0 Å². The molecule has 0 bridgehead atoms. The second-order valence-corrected chi connectivity index (χ2v) is 3.94. The number of halogens is 1. The van der Waals surface area contributed by atoms with Crippen LogP contribution < -0.4 is 10.6 Å². The third-order valence-electron chi connectivity index (χ3n) is 2.48. The number of benzene rings is 2. The average molecular weight is 260 g/mol. The zero-order valence-electron chi connectivity index (χ0n) is 10.1. The van der Waals surface area contributed by atoms with Crippen LogP contribution in [0.2, 0.25) is 0 Å². The minimum Gasteiger partial charge on any atom is -0.392 e. The monoisotopic (exact) mass is 260 g/mol. The summed E-state index contributed by atoms with van der Waals surface area (Å²) in [6, 6.07) is 12.0. The van der Waals surface area contributed by atoms with E-state index in [9.17, 15) is 9.18 Å². The third-order valence-corrected chi connectivity index (χ3v) is 2.48. The minimum absolute atomic E-state index is 0.0459. The highest BCUT2D eigenvalue weighted by molar-refractivity contribution is 5.99.